The highest BCUT2D eigenvalue weighted by Gasteiger charge is 2.22. The van der Waals surface area contributed by atoms with Crippen LogP contribution < -0.4 is 4.90 Å². The van der Waals surface area contributed by atoms with Crippen molar-refractivity contribution in [3.8, 4) is 5.69 Å². The molecule has 11 aromatic carbocycles. The summed E-state index contributed by atoms with van der Waals surface area (Å²) in [7, 11) is 0. The Morgan fingerprint density at radius 1 is 0.379 bits per heavy atom. The van der Waals surface area contributed by atoms with Crippen molar-refractivity contribution in [3.63, 3.8) is 0 Å². The summed E-state index contributed by atoms with van der Waals surface area (Å²) in [6, 6.07) is 83.6. The molecule has 0 aliphatic heterocycles. The second-order valence-electron chi connectivity index (χ2n) is 17.9. The summed E-state index contributed by atoms with van der Waals surface area (Å²) in [4.78, 5) is 2.40. The zero-order valence-electron chi connectivity index (χ0n) is 36.7. The van der Waals surface area contributed by atoms with Gasteiger partial charge in [-0.05, 0) is 107 Å². The maximum Gasteiger partial charge on any atom is 0.0619 e. The van der Waals surface area contributed by atoms with Gasteiger partial charge in [-0.2, -0.15) is 0 Å². The van der Waals surface area contributed by atoms with Gasteiger partial charge in [-0.1, -0.05) is 181 Å². The summed E-state index contributed by atoms with van der Waals surface area (Å²) in [6.45, 7) is 4.32. The molecule has 0 bridgehead atoms. The molecule has 312 valence electrons. The van der Waals surface area contributed by atoms with Crippen molar-refractivity contribution in [1.82, 2.24) is 4.57 Å². The SMILES string of the molecule is Cc1ccc(C(c2ccc3ccccc3c2)c2ccc3c(c2)sc2c3ccc3c2ccc2c4ccc(N(c5ccc(C)cc5)c5ccc6ccccc6c5)cc4n(-c4ccccc4)c32)cc1. The van der Waals surface area contributed by atoms with Crippen molar-refractivity contribution in [2.24, 2.45) is 0 Å². The second kappa shape index (κ2) is 15.3. The molecular weight excluding hydrogens is 817 g/mol. The summed E-state index contributed by atoms with van der Waals surface area (Å²) in [5, 5.41) is 12.6. The maximum atomic E-state index is 2.50. The van der Waals surface area contributed by atoms with Crippen LogP contribution in [0.2, 0.25) is 0 Å². The molecule has 2 nitrogen and oxygen atoms in total. The molecule has 13 rings (SSSR count). The van der Waals surface area contributed by atoms with E-state index in [1.54, 1.807) is 0 Å². The lowest BCUT2D eigenvalue weighted by Gasteiger charge is -2.26. The van der Waals surface area contributed by atoms with Crippen molar-refractivity contribution in [1.29, 1.82) is 0 Å². The molecular formula is C63H44N2S. The first-order valence-electron chi connectivity index (χ1n) is 22.8. The van der Waals surface area contributed by atoms with Gasteiger partial charge < -0.3 is 9.47 Å². The fraction of sp³-hybridized carbons (Fsp3) is 0.0476. The van der Waals surface area contributed by atoms with Gasteiger partial charge in [0.25, 0.3) is 0 Å². The van der Waals surface area contributed by atoms with Crippen LogP contribution in [0.5, 0.6) is 0 Å². The summed E-state index contributed by atoms with van der Waals surface area (Å²) in [5.41, 5.74) is 13.4. The van der Waals surface area contributed by atoms with Gasteiger partial charge >= 0.3 is 0 Å². The van der Waals surface area contributed by atoms with E-state index in [0.29, 0.717) is 0 Å². The summed E-state index contributed by atoms with van der Waals surface area (Å²) in [6.07, 6.45) is 0. The Balaban J connectivity index is 1.01. The molecule has 13 aromatic rings. The summed E-state index contributed by atoms with van der Waals surface area (Å²) < 4.78 is 5.13. The van der Waals surface area contributed by atoms with Crippen molar-refractivity contribution >= 4 is 103 Å². The highest BCUT2D eigenvalue weighted by atomic mass is 32.1. The lowest BCUT2D eigenvalue weighted by molar-refractivity contribution is 0.982. The monoisotopic (exact) mass is 860 g/mol. The van der Waals surface area contributed by atoms with Crippen molar-refractivity contribution in [3.05, 3.63) is 252 Å². The number of hydrogen-bond donors (Lipinski definition) is 0. The first-order chi connectivity index (χ1) is 32.5. The molecule has 0 aliphatic carbocycles. The largest absolute Gasteiger partial charge is 0.310 e. The first kappa shape index (κ1) is 38.5. The minimum atomic E-state index is 0.107. The fourth-order valence-corrected chi connectivity index (χ4v) is 11.8. The van der Waals surface area contributed by atoms with E-state index in [-0.39, 0.29) is 5.92 Å². The average molecular weight is 861 g/mol. The molecule has 0 amide bonds. The Labute approximate surface area is 387 Å². The number of thiophene rings is 1. The Bertz CT molecular complexity index is 4010. The standard InChI is InChI=1S/C63H44N2S/c1-40-16-20-44(21-17-40)61(47-23-22-42-10-6-8-12-45(42)36-47)48-25-30-54-57-34-33-56-58(63(57)66-60(54)38-48)35-32-55-53-31-29-52(39-59(53)65(62(55)56)49-14-4-3-5-15-49)64(50-26-18-41(2)19-27-50)51-28-24-43-11-7-9-13-46(43)37-51/h3-39,61H,1-2H3. The number of nitrogens with zero attached hydrogens (tertiary/aromatic N) is 2. The van der Waals surface area contributed by atoms with E-state index in [1.807, 2.05) is 11.3 Å². The van der Waals surface area contributed by atoms with E-state index in [9.17, 15) is 0 Å². The number of benzene rings is 11. The quantitative estimate of drug-likeness (QED) is 0.145. The van der Waals surface area contributed by atoms with E-state index in [2.05, 4.69) is 248 Å². The van der Waals surface area contributed by atoms with Crippen LogP contribution in [0.1, 0.15) is 33.7 Å². The van der Waals surface area contributed by atoms with E-state index in [1.165, 1.54) is 102 Å². The third-order valence-electron chi connectivity index (χ3n) is 13.8. The third-order valence-corrected chi connectivity index (χ3v) is 15.0. The first-order valence-corrected chi connectivity index (χ1v) is 23.7. The van der Waals surface area contributed by atoms with Gasteiger partial charge in [0, 0.05) is 70.4 Å². The van der Waals surface area contributed by atoms with Crippen molar-refractivity contribution in [2.75, 3.05) is 4.90 Å². The van der Waals surface area contributed by atoms with Crippen LogP contribution in [0.15, 0.2) is 224 Å². The molecule has 1 atom stereocenters. The van der Waals surface area contributed by atoms with Gasteiger partial charge in [-0.15, -0.1) is 11.3 Å². The van der Waals surface area contributed by atoms with Crippen molar-refractivity contribution < 1.29 is 0 Å². The van der Waals surface area contributed by atoms with Crippen molar-refractivity contribution in [2.45, 2.75) is 19.8 Å². The second-order valence-corrected chi connectivity index (χ2v) is 18.9. The molecule has 66 heavy (non-hydrogen) atoms. The molecule has 1 unspecified atom stereocenters. The predicted octanol–water partition coefficient (Wildman–Crippen LogP) is 17.9. The number of hydrogen-bond acceptors (Lipinski definition) is 2. The van der Waals surface area contributed by atoms with E-state index >= 15 is 0 Å². The van der Waals surface area contributed by atoms with Crippen LogP contribution in [0.3, 0.4) is 0 Å². The van der Waals surface area contributed by atoms with E-state index < -0.39 is 0 Å². The number of aryl methyl sites for hydroxylation is 2. The average Bonchev–Trinajstić information content (AvgIpc) is 3.91. The Morgan fingerprint density at radius 3 is 1.62 bits per heavy atom. The van der Waals surface area contributed by atoms with Gasteiger partial charge in [0.1, 0.15) is 0 Å². The summed E-state index contributed by atoms with van der Waals surface area (Å²) in [5.74, 6) is 0.107. The van der Waals surface area contributed by atoms with Crippen LogP contribution >= 0.6 is 11.3 Å². The van der Waals surface area contributed by atoms with Gasteiger partial charge in [0.05, 0.1) is 11.0 Å². The topological polar surface area (TPSA) is 8.17 Å². The zero-order valence-corrected chi connectivity index (χ0v) is 37.6. The summed E-state index contributed by atoms with van der Waals surface area (Å²) >= 11 is 1.92. The molecule has 0 aliphatic rings. The normalized spacial score (nSPS) is 12.3. The molecule has 3 heteroatoms. The predicted molar refractivity (Wildman–Crippen MR) is 284 cm³/mol. The lowest BCUT2D eigenvalue weighted by Crippen LogP contribution is -2.10. The number of fused-ring (bicyclic) bond motifs is 11. The number of anilines is 3. The van der Waals surface area contributed by atoms with Crippen LogP contribution in [0.25, 0.3) is 80.0 Å². The zero-order chi connectivity index (χ0) is 43.9. The van der Waals surface area contributed by atoms with Gasteiger partial charge in [0.2, 0.25) is 0 Å². The van der Waals surface area contributed by atoms with E-state index in [0.717, 1.165) is 22.7 Å². The highest BCUT2D eigenvalue weighted by Crippen LogP contribution is 2.46. The van der Waals surface area contributed by atoms with Crippen LogP contribution in [0, 0.1) is 13.8 Å². The third kappa shape index (κ3) is 6.30. The highest BCUT2D eigenvalue weighted by molar-refractivity contribution is 7.26. The molecule has 0 N–H and O–H groups in total. The van der Waals surface area contributed by atoms with Gasteiger partial charge in [0.15, 0.2) is 0 Å². The molecule has 2 heterocycles. The maximum absolute atomic E-state index is 2.50. The Hall–Kier alpha value is -7.98. The fourth-order valence-electron chi connectivity index (χ4n) is 10.5. The molecule has 2 aromatic heterocycles. The molecule has 0 saturated carbocycles. The lowest BCUT2D eigenvalue weighted by atomic mass is 9.84. The number of rotatable bonds is 7. The van der Waals surface area contributed by atoms with Crippen LogP contribution in [-0.4, -0.2) is 4.57 Å². The van der Waals surface area contributed by atoms with Gasteiger partial charge in [-0.25, -0.2) is 0 Å². The van der Waals surface area contributed by atoms with E-state index in [4.69, 9.17) is 0 Å². The molecule has 0 fully saturated rings. The Kier molecular flexibility index (Phi) is 8.94. The van der Waals surface area contributed by atoms with Crippen LogP contribution in [-0.2, 0) is 0 Å². The number of para-hydroxylation sites is 1. The number of aromatic nitrogens is 1. The molecule has 0 radical (unpaired) electrons. The Morgan fingerprint density at radius 2 is 0.879 bits per heavy atom. The van der Waals surface area contributed by atoms with Crippen LogP contribution in [0.4, 0.5) is 17.1 Å². The molecule has 0 spiro atoms. The minimum absolute atomic E-state index is 0.107. The molecule has 0 saturated heterocycles. The van der Waals surface area contributed by atoms with Gasteiger partial charge in [-0.3, -0.25) is 0 Å². The smallest absolute Gasteiger partial charge is 0.0619 e. The minimum Gasteiger partial charge on any atom is -0.310 e.